The van der Waals surface area contributed by atoms with Crippen LogP contribution in [0.25, 0.3) is 5.82 Å². The minimum Gasteiger partial charge on any atom is -0.379 e. The summed E-state index contributed by atoms with van der Waals surface area (Å²) >= 11 is 0. The molecule has 9 nitrogen and oxygen atoms in total. The smallest absolute Gasteiger partial charge is 0.315 e. The first-order valence-electron chi connectivity index (χ1n) is 8.35. The van der Waals surface area contributed by atoms with E-state index in [0.29, 0.717) is 12.4 Å². The Morgan fingerprint density at radius 3 is 2.88 bits per heavy atom. The van der Waals surface area contributed by atoms with E-state index in [9.17, 15) is 4.79 Å². The van der Waals surface area contributed by atoms with Gasteiger partial charge >= 0.3 is 6.03 Å². The van der Waals surface area contributed by atoms with Crippen molar-refractivity contribution in [3.63, 3.8) is 0 Å². The number of pyridine rings is 1. The molecule has 0 spiro atoms. The van der Waals surface area contributed by atoms with Gasteiger partial charge in [0.15, 0.2) is 5.82 Å². The molecule has 1 aliphatic heterocycles. The Kier molecular flexibility index (Phi) is 5.91. The summed E-state index contributed by atoms with van der Waals surface area (Å²) in [4.78, 5) is 22.5. The molecule has 0 radical (unpaired) electrons. The van der Waals surface area contributed by atoms with Gasteiger partial charge in [0.2, 0.25) is 0 Å². The van der Waals surface area contributed by atoms with E-state index in [0.717, 1.165) is 38.4 Å². The summed E-state index contributed by atoms with van der Waals surface area (Å²) in [5.74, 6) is 0.685. The summed E-state index contributed by atoms with van der Waals surface area (Å²) in [6, 6.07) is 3.64. The number of hydrogen-bond acceptors (Lipinski definition) is 6. The van der Waals surface area contributed by atoms with Crippen molar-refractivity contribution in [1.82, 2.24) is 35.3 Å². The molecule has 2 N–H and O–H groups in total. The van der Waals surface area contributed by atoms with Crippen LogP contribution in [0.2, 0.25) is 0 Å². The standard InChI is InChI=1S/C16H23N7O2/c1-13(10-22-4-6-25-7-5-22)21-16(24)19-9-14-2-3-15(18-8-14)23-12-17-11-20-23/h2-3,8,11-13H,4-7,9-10H2,1H3,(H2,19,21,24)/t13-/m1/s1. The number of nitrogens with one attached hydrogen (secondary N) is 2. The fourth-order valence-electron chi connectivity index (χ4n) is 2.66. The lowest BCUT2D eigenvalue weighted by molar-refractivity contribution is 0.0349. The molecular formula is C16H23N7O2. The molecule has 1 saturated heterocycles. The lowest BCUT2D eigenvalue weighted by atomic mass is 10.2. The Morgan fingerprint density at radius 2 is 2.20 bits per heavy atom. The van der Waals surface area contributed by atoms with Crippen molar-refractivity contribution in [2.45, 2.75) is 19.5 Å². The molecule has 0 aromatic carbocycles. The van der Waals surface area contributed by atoms with Crippen molar-refractivity contribution in [3.8, 4) is 5.82 Å². The van der Waals surface area contributed by atoms with Crippen LogP contribution in [0.5, 0.6) is 0 Å². The van der Waals surface area contributed by atoms with Crippen molar-refractivity contribution in [2.24, 2.45) is 0 Å². The lowest BCUT2D eigenvalue weighted by Crippen LogP contribution is -2.48. The van der Waals surface area contributed by atoms with Crippen LogP contribution < -0.4 is 10.6 Å². The summed E-state index contributed by atoms with van der Waals surface area (Å²) in [7, 11) is 0. The minimum atomic E-state index is -0.180. The fraction of sp³-hybridized carbons (Fsp3) is 0.500. The third kappa shape index (κ3) is 5.23. The normalized spacial score (nSPS) is 16.4. The van der Waals surface area contributed by atoms with Gasteiger partial charge in [0.05, 0.1) is 13.2 Å². The third-order valence-corrected chi connectivity index (χ3v) is 3.93. The molecule has 25 heavy (non-hydrogen) atoms. The predicted molar refractivity (Wildman–Crippen MR) is 91.2 cm³/mol. The zero-order valence-corrected chi connectivity index (χ0v) is 14.3. The van der Waals surface area contributed by atoms with Crippen molar-refractivity contribution in [1.29, 1.82) is 0 Å². The molecule has 2 aromatic rings. The van der Waals surface area contributed by atoms with Crippen LogP contribution in [0.3, 0.4) is 0 Å². The molecule has 0 unspecified atom stereocenters. The molecule has 2 aromatic heterocycles. The Hall–Kier alpha value is -2.52. The van der Waals surface area contributed by atoms with Gasteiger partial charge in [-0.1, -0.05) is 6.07 Å². The number of rotatable bonds is 6. The maximum atomic E-state index is 12.0. The van der Waals surface area contributed by atoms with Gasteiger partial charge in [-0.15, -0.1) is 0 Å². The highest BCUT2D eigenvalue weighted by Gasteiger charge is 2.15. The molecule has 2 amide bonds. The summed E-state index contributed by atoms with van der Waals surface area (Å²) in [5.41, 5.74) is 0.917. The highest BCUT2D eigenvalue weighted by Crippen LogP contribution is 2.04. The van der Waals surface area contributed by atoms with Crippen molar-refractivity contribution in [3.05, 3.63) is 36.5 Å². The number of aromatic nitrogens is 4. The van der Waals surface area contributed by atoms with Gasteiger partial charge in [-0.25, -0.2) is 19.4 Å². The second-order valence-electron chi connectivity index (χ2n) is 6.01. The van der Waals surface area contributed by atoms with Gasteiger partial charge in [-0.2, -0.15) is 5.10 Å². The van der Waals surface area contributed by atoms with Crippen molar-refractivity contribution >= 4 is 6.03 Å². The first-order chi connectivity index (χ1) is 12.2. The molecule has 1 aliphatic rings. The van der Waals surface area contributed by atoms with Crippen molar-refractivity contribution < 1.29 is 9.53 Å². The first-order valence-corrected chi connectivity index (χ1v) is 8.35. The van der Waals surface area contributed by atoms with Crippen LogP contribution in [0.4, 0.5) is 4.79 Å². The van der Waals surface area contributed by atoms with Crippen LogP contribution in [-0.4, -0.2) is 69.6 Å². The third-order valence-electron chi connectivity index (χ3n) is 3.93. The quantitative estimate of drug-likeness (QED) is 0.775. The summed E-state index contributed by atoms with van der Waals surface area (Å²) in [6.07, 6.45) is 4.76. The number of nitrogens with zero attached hydrogens (tertiary/aromatic N) is 5. The number of urea groups is 1. The van der Waals surface area contributed by atoms with E-state index in [1.807, 2.05) is 19.1 Å². The molecule has 3 heterocycles. The summed E-state index contributed by atoms with van der Waals surface area (Å²) in [6.45, 7) is 6.59. The summed E-state index contributed by atoms with van der Waals surface area (Å²) < 4.78 is 6.91. The molecule has 9 heteroatoms. The van der Waals surface area contributed by atoms with Gasteiger partial charge in [0, 0.05) is 38.4 Å². The minimum absolute atomic E-state index is 0.0749. The van der Waals surface area contributed by atoms with E-state index in [1.54, 1.807) is 17.2 Å². The van der Waals surface area contributed by atoms with E-state index in [2.05, 4.69) is 30.6 Å². The number of ether oxygens (including phenoxy) is 1. The maximum absolute atomic E-state index is 12.0. The van der Waals surface area contributed by atoms with Gasteiger partial charge in [0.25, 0.3) is 0 Å². The highest BCUT2D eigenvalue weighted by atomic mass is 16.5. The average molecular weight is 345 g/mol. The molecule has 3 rings (SSSR count). The van der Waals surface area contributed by atoms with E-state index in [-0.39, 0.29) is 12.1 Å². The number of morpholine rings is 1. The molecule has 1 fully saturated rings. The largest absolute Gasteiger partial charge is 0.379 e. The summed E-state index contributed by atoms with van der Waals surface area (Å²) in [5, 5.41) is 9.83. The van der Waals surface area contributed by atoms with E-state index < -0.39 is 0 Å². The second kappa shape index (κ2) is 8.54. The van der Waals surface area contributed by atoms with E-state index in [1.165, 1.54) is 6.33 Å². The van der Waals surface area contributed by atoms with E-state index >= 15 is 0 Å². The molecule has 0 bridgehead atoms. The zero-order valence-electron chi connectivity index (χ0n) is 14.3. The van der Waals surface area contributed by atoms with Crippen LogP contribution >= 0.6 is 0 Å². The van der Waals surface area contributed by atoms with Crippen molar-refractivity contribution in [2.75, 3.05) is 32.8 Å². The first kappa shape index (κ1) is 17.3. The number of carbonyl (C=O) groups excluding carboxylic acids is 1. The highest BCUT2D eigenvalue weighted by molar-refractivity contribution is 5.74. The maximum Gasteiger partial charge on any atom is 0.315 e. The van der Waals surface area contributed by atoms with Crippen LogP contribution in [0, 0.1) is 0 Å². The molecule has 0 aliphatic carbocycles. The second-order valence-corrected chi connectivity index (χ2v) is 6.01. The van der Waals surface area contributed by atoms with Gasteiger partial charge in [-0.3, -0.25) is 4.90 Å². The molecule has 0 saturated carbocycles. The Bertz CT molecular complexity index is 654. The monoisotopic (exact) mass is 345 g/mol. The van der Waals surface area contributed by atoms with Crippen LogP contribution in [0.15, 0.2) is 31.0 Å². The fourth-order valence-corrected chi connectivity index (χ4v) is 2.66. The zero-order chi connectivity index (χ0) is 17.5. The number of hydrogen-bond donors (Lipinski definition) is 2. The molecule has 134 valence electrons. The Labute approximate surface area is 146 Å². The van der Waals surface area contributed by atoms with Gasteiger partial charge in [-0.05, 0) is 18.6 Å². The molecular weight excluding hydrogens is 322 g/mol. The topological polar surface area (TPSA) is 97.2 Å². The molecule has 1 atom stereocenters. The Morgan fingerprint density at radius 1 is 1.36 bits per heavy atom. The Balaban J connectivity index is 1.41. The predicted octanol–water partition coefficient (Wildman–Crippen LogP) is 0.182. The number of amides is 2. The van der Waals surface area contributed by atoms with Crippen LogP contribution in [-0.2, 0) is 11.3 Å². The van der Waals surface area contributed by atoms with Crippen LogP contribution in [0.1, 0.15) is 12.5 Å². The average Bonchev–Trinajstić information content (AvgIpc) is 3.16. The van der Waals surface area contributed by atoms with E-state index in [4.69, 9.17) is 4.74 Å². The van der Waals surface area contributed by atoms with Gasteiger partial charge < -0.3 is 15.4 Å². The lowest BCUT2D eigenvalue weighted by Gasteiger charge is -2.29. The number of carbonyl (C=O) groups is 1. The SMILES string of the molecule is C[C@H](CN1CCOCC1)NC(=O)NCc1ccc(-n2cncn2)nc1. The van der Waals surface area contributed by atoms with Gasteiger partial charge in [0.1, 0.15) is 12.7 Å².